The number of aromatic nitrogens is 2. The summed E-state index contributed by atoms with van der Waals surface area (Å²) in [6.45, 7) is 4.89. The Bertz CT molecular complexity index is 1530. The molecule has 0 bridgehead atoms. The number of ether oxygens (including phenoxy) is 2. The average molecular weight is 597 g/mol. The minimum Gasteiger partial charge on any atom is -0.462 e. The minimum absolute atomic E-state index is 0.152. The van der Waals surface area contributed by atoms with Gasteiger partial charge in [0.25, 0.3) is 0 Å². The molecule has 1 saturated heterocycles. The normalized spacial score (nSPS) is 24.7. The van der Waals surface area contributed by atoms with Crippen LogP contribution in [0.1, 0.15) is 33.9 Å². The number of nitrogens with one attached hydrogen (secondary N) is 1. The van der Waals surface area contributed by atoms with Gasteiger partial charge in [-0.2, -0.15) is 10.1 Å². The molecule has 1 aliphatic rings. The molecular weight excluding hydrogens is 565 g/mol. The maximum Gasteiger partial charge on any atom is 0.459 e. The van der Waals surface area contributed by atoms with E-state index >= 15 is 4.39 Å². The number of halogens is 2. The molecule has 0 spiro atoms. The molecule has 1 aliphatic heterocycles. The van der Waals surface area contributed by atoms with Gasteiger partial charge in [-0.1, -0.05) is 36.4 Å². The van der Waals surface area contributed by atoms with Crippen molar-refractivity contribution < 1.29 is 41.8 Å². The quantitative estimate of drug-likeness (QED) is 0.232. The first kappa shape index (κ1) is 30.5. The molecule has 2 aromatic carbocycles. The second kappa shape index (κ2) is 11.8. The highest BCUT2D eigenvalue weighted by Crippen LogP contribution is 2.48. The molecule has 4 N–H and O–H groups in total. The number of anilines is 1. The summed E-state index contributed by atoms with van der Waals surface area (Å²) in [7, 11) is -4.46. The van der Waals surface area contributed by atoms with Crippen molar-refractivity contribution in [3.8, 4) is 5.75 Å². The van der Waals surface area contributed by atoms with Crippen LogP contribution in [-0.4, -0.2) is 57.3 Å². The van der Waals surface area contributed by atoms with E-state index in [4.69, 9.17) is 24.3 Å². The van der Waals surface area contributed by atoms with Gasteiger partial charge < -0.3 is 24.8 Å². The van der Waals surface area contributed by atoms with E-state index in [1.807, 2.05) is 12.1 Å². The van der Waals surface area contributed by atoms with Crippen molar-refractivity contribution in [3.05, 3.63) is 65.0 Å². The smallest absolute Gasteiger partial charge is 0.459 e. The molecule has 12 nitrogen and oxygen atoms in total. The van der Waals surface area contributed by atoms with Crippen LogP contribution < -0.4 is 21.0 Å². The van der Waals surface area contributed by atoms with Crippen LogP contribution in [0.3, 0.4) is 0 Å². The van der Waals surface area contributed by atoms with E-state index in [1.165, 1.54) is 6.92 Å². The van der Waals surface area contributed by atoms with Crippen LogP contribution >= 0.6 is 7.75 Å². The molecule has 0 radical (unpaired) electrons. The fourth-order valence-corrected chi connectivity index (χ4v) is 5.79. The fraction of sp³-hybridized carbons (Fsp3) is 0.423. The van der Waals surface area contributed by atoms with Gasteiger partial charge in [-0.25, -0.2) is 18.1 Å². The number of carbonyl (C=O) groups is 1. The number of benzene rings is 2. The highest BCUT2D eigenvalue weighted by atomic mass is 31.2. The van der Waals surface area contributed by atoms with Crippen molar-refractivity contribution >= 4 is 30.3 Å². The molecule has 0 unspecified atom stereocenters. The number of nitrogens with zero attached hydrogens (tertiary/aromatic N) is 2. The fourth-order valence-electron chi connectivity index (χ4n) is 4.27. The van der Waals surface area contributed by atoms with E-state index in [0.29, 0.717) is 16.2 Å². The summed E-state index contributed by atoms with van der Waals surface area (Å²) in [6, 6.07) is 10.9. The van der Waals surface area contributed by atoms with Gasteiger partial charge in [0.15, 0.2) is 23.5 Å². The van der Waals surface area contributed by atoms with Crippen LogP contribution in [0.25, 0.3) is 10.8 Å². The summed E-state index contributed by atoms with van der Waals surface area (Å²) in [5.74, 6) is -2.37. The lowest BCUT2D eigenvalue weighted by Crippen LogP contribution is -2.43. The Kier molecular flexibility index (Phi) is 8.81. The van der Waals surface area contributed by atoms with Crippen molar-refractivity contribution in [2.45, 2.75) is 63.9 Å². The van der Waals surface area contributed by atoms with Crippen molar-refractivity contribution in [2.75, 3.05) is 12.3 Å². The summed E-state index contributed by atoms with van der Waals surface area (Å²) < 4.78 is 66.3. The van der Waals surface area contributed by atoms with Gasteiger partial charge in [-0.05, 0) is 39.1 Å². The van der Waals surface area contributed by atoms with Crippen molar-refractivity contribution in [1.29, 1.82) is 0 Å². The lowest BCUT2D eigenvalue weighted by atomic mass is 9.98. The minimum atomic E-state index is -4.46. The third-order valence-electron chi connectivity index (χ3n) is 6.34. The molecule has 15 heteroatoms. The summed E-state index contributed by atoms with van der Waals surface area (Å²) in [4.78, 5) is 28.1. The topological polar surface area (TPSA) is 164 Å². The Hall–Kier alpha value is -3.42. The largest absolute Gasteiger partial charge is 0.462 e. The molecule has 41 heavy (non-hydrogen) atoms. The Morgan fingerprint density at radius 1 is 1.27 bits per heavy atom. The molecular formula is C26H31F2N4O8P. The third kappa shape index (κ3) is 6.57. The monoisotopic (exact) mass is 596 g/mol. The van der Waals surface area contributed by atoms with Crippen LogP contribution in [0.2, 0.25) is 0 Å². The van der Waals surface area contributed by atoms with Gasteiger partial charge >= 0.3 is 19.4 Å². The predicted octanol–water partition coefficient (Wildman–Crippen LogP) is 3.24. The molecule has 0 aliphatic carbocycles. The first-order valence-electron chi connectivity index (χ1n) is 12.7. The average Bonchev–Trinajstić information content (AvgIpc) is 3.13. The van der Waals surface area contributed by atoms with Gasteiger partial charge in [-0.15, -0.1) is 0 Å². The van der Waals surface area contributed by atoms with Crippen LogP contribution in [0, 0.1) is 5.82 Å². The van der Waals surface area contributed by atoms with Gasteiger partial charge in [0.1, 0.15) is 24.0 Å². The van der Waals surface area contributed by atoms with Crippen molar-refractivity contribution in [3.63, 3.8) is 0 Å². The summed E-state index contributed by atoms with van der Waals surface area (Å²) in [5, 5.41) is 14.6. The maximum absolute atomic E-state index is 15.6. The van der Waals surface area contributed by atoms with E-state index in [0.717, 1.165) is 12.3 Å². The second-order valence-electron chi connectivity index (χ2n) is 9.99. The Morgan fingerprint density at radius 2 is 1.95 bits per heavy atom. The maximum atomic E-state index is 15.6. The number of rotatable bonds is 10. The summed E-state index contributed by atoms with van der Waals surface area (Å²) in [6.07, 6.45) is -5.10. The van der Waals surface area contributed by atoms with E-state index in [-0.39, 0.29) is 5.75 Å². The number of nitrogens with two attached hydrogens (primary N) is 1. The number of alkyl halides is 1. The Balaban J connectivity index is 1.60. The molecule has 4 rings (SSSR count). The lowest BCUT2D eigenvalue weighted by Gasteiger charge is -2.26. The molecule has 1 aromatic heterocycles. The Morgan fingerprint density at radius 3 is 2.66 bits per heavy atom. The number of fused-ring (bicyclic) bond motifs is 1. The number of nitrogen functional groups attached to an aromatic ring is 1. The zero-order chi connectivity index (χ0) is 30.1. The summed E-state index contributed by atoms with van der Waals surface area (Å²) in [5.41, 5.74) is 1.55. The van der Waals surface area contributed by atoms with Gasteiger partial charge in [0.05, 0.1) is 18.9 Å². The molecule has 6 atom stereocenters. The van der Waals surface area contributed by atoms with Gasteiger partial charge in [0, 0.05) is 5.39 Å². The van der Waals surface area contributed by atoms with Crippen LogP contribution in [0.15, 0.2) is 53.5 Å². The number of carbonyl (C=O) groups excluding carboxylic acids is 1. The number of aliphatic hydroxyl groups is 1. The van der Waals surface area contributed by atoms with Crippen molar-refractivity contribution in [2.24, 2.45) is 0 Å². The molecule has 222 valence electrons. The Labute approximate surface area is 234 Å². The highest BCUT2D eigenvalue weighted by molar-refractivity contribution is 7.52. The standard InChI is InChI=1S/C26H31F2N4O8P/c1-14(2)38-23(34)15(3)31-41(36,40-19-11-7-9-16-8-5-6-10-17(16)19)37-13-20-21(33)26(4,28)24(39-20)32-12-18(27)22(29)30-25(32)35/h5-12,14-15,20-21,24,33H,13H2,1-4H3,(H,31,36)(H2,29,30,35)/t15-,20-,21-,24-,26-,41-/m1/s1. The van der Waals surface area contributed by atoms with Crippen LogP contribution in [-0.2, 0) is 23.4 Å². The summed E-state index contributed by atoms with van der Waals surface area (Å²) >= 11 is 0. The highest BCUT2D eigenvalue weighted by Gasteiger charge is 2.56. The van der Waals surface area contributed by atoms with Gasteiger partial charge in [-0.3, -0.25) is 13.9 Å². The number of hydrogen-bond acceptors (Lipinski definition) is 10. The molecule has 3 aromatic rings. The van der Waals surface area contributed by atoms with Gasteiger partial charge in [0.2, 0.25) is 0 Å². The first-order valence-corrected chi connectivity index (χ1v) is 14.2. The third-order valence-corrected chi connectivity index (χ3v) is 7.97. The van der Waals surface area contributed by atoms with Crippen LogP contribution in [0.5, 0.6) is 5.75 Å². The van der Waals surface area contributed by atoms with E-state index in [2.05, 4.69) is 10.1 Å². The number of hydrogen-bond donors (Lipinski definition) is 3. The van der Waals surface area contributed by atoms with E-state index in [1.54, 1.807) is 44.2 Å². The molecule has 1 fully saturated rings. The first-order chi connectivity index (χ1) is 19.2. The van der Waals surface area contributed by atoms with Crippen LogP contribution in [0.4, 0.5) is 14.6 Å². The second-order valence-corrected chi connectivity index (χ2v) is 11.7. The SMILES string of the molecule is CC(C)OC(=O)[C@@H](C)N[P@@](=O)(OC[C@H]1O[C@@H](n2cc(F)c(N)nc2=O)[C@](C)(F)[C@@H]1O)Oc1cccc2ccccc12. The van der Waals surface area contributed by atoms with E-state index < -0.39 is 73.9 Å². The lowest BCUT2D eigenvalue weighted by molar-refractivity contribution is -0.149. The molecule has 2 heterocycles. The predicted molar refractivity (Wildman–Crippen MR) is 144 cm³/mol. The zero-order valence-electron chi connectivity index (χ0n) is 22.7. The van der Waals surface area contributed by atoms with Crippen molar-refractivity contribution in [1.82, 2.24) is 14.6 Å². The van der Waals surface area contributed by atoms with E-state index in [9.17, 15) is 23.7 Å². The zero-order valence-corrected chi connectivity index (χ0v) is 23.6. The number of esters is 1. The number of aliphatic hydroxyl groups excluding tert-OH is 1. The molecule has 0 saturated carbocycles. The molecule has 0 amide bonds.